The van der Waals surface area contributed by atoms with Gasteiger partial charge in [-0.15, -0.1) is 0 Å². The molecule has 0 radical (unpaired) electrons. The van der Waals surface area contributed by atoms with E-state index in [1.165, 1.54) is 12.1 Å². The average Bonchev–Trinajstić information content (AvgIpc) is 2.74. The van der Waals surface area contributed by atoms with Gasteiger partial charge < -0.3 is 4.42 Å². The number of rotatable bonds is 2. The summed E-state index contributed by atoms with van der Waals surface area (Å²) in [7, 11) is -1.11. The highest BCUT2D eigenvalue weighted by atomic mass is 32.2. The first kappa shape index (κ1) is 13.1. The Balaban J connectivity index is 2.21. The molecule has 20 heavy (non-hydrogen) atoms. The molecule has 0 aliphatic carbocycles. The van der Waals surface area contributed by atoms with E-state index in [9.17, 15) is 8.60 Å². The van der Waals surface area contributed by atoms with Crippen LogP contribution in [0.15, 0.2) is 51.8 Å². The minimum Gasteiger partial charge on any atom is -0.460 e. The zero-order valence-corrected chi connectivity index (χ0v) is 12.0. The molecule has 1 heterocycles. The number of furan rings is 1. The smallest absolute Gasteiger partial charge is 0.135 e. The minimum absolute atomic E-state index is 0.260. The summed E-state index contributed by atoms with van der Waals surface area (Å²) in [5, 5.41) is 0.852. The summed E-state index contributed by atoms with van der Waals surface area (Å²) in [5.41, 5.74) is 2.59. The van der Waals surface area contributed by atoms with Crippen molar-refractivity contribution in [3.05, 3.63) is 54.0 Å². The van der Waals surface area contributed by atoms with E-state index >= 15 is 0 Å². The molecule has 2 nitrogen and oxygen atoms in total. The molecule has 3 aromatic rings. The fraction of sp³-hybridized carbons (Fsp3) is 0.125. The van der Waals surface area contributed by atoms with E-state index in [0.717, 1.165) is 27.0 Å². The molecule has 1 aromatic heterocycles. The van der Waals surface area contributed by atoms with Crippen LogP contribution in [0.5, 0.6) is 0 Å². The number of fused-ring (bicyclic) bond motifs is 1. The number of hydrogen-bond donors (Lipinski definition) is 0. The van der Waals surface area contributed by atoms with Crippen molar-refractivity contribution in [1.82, 2.24) is 0 Å². The predicted octanol–water partition coefficient (Wildman–Crippen LogP) is 4.28. The maximum absolute atomic E-state index is 13.0. The summed E-state index contributed by atoms with van der Waals surface area (Å²) >= 11 is 0. The van der Waals surface area contributed by atoms with Gasteiger partial charge in [0.05, 0.1) is 15.7 Å². The van der Waals surface area contributed by atoms with Crippen LogP contribution in [0.2, 0.25) is 0 Å². The SMILES string of the molecule is Cc1oc2ccc(-c3ccc(F)cc3)cc2c1[S@@](C)=O. The van der Waals surface area contributed by atoms with Crippen LogP contribution >= 0.6 is 0 Å². The highest BCUT2D eigenvalue weighted by Gasteiger charge is 2.14. The van der Waals surface area contributed by atoms with Crippen molar-refractivity contribution in [2.75, 3.05) is 6.26 Å². The van der Waals surface area contributed by atoms with Gasteiger partial charge in [-0.25, -0.2) is 4.39 Å². The first-order valence-corrected chi connectivity index (χ1v) is 7.74. The lowest BCUT2D eigenvalue weighted by atomic mass is 10.0. The number of aryl methyl sites for hydroxylation is 1. The summed E-state index contributed by atoms with van der Waals surface area (Å²) in [5.74, 6) is 0.418. The van der Waals surface area contributed by atoms with Crippen molar-refractivity contribution in [2.24, 2.45) is 0 Å². The lowest BCUT2D eigenvalue weighted by Crippen LogP contribution is -1.88. The first-order chi connectivity index (χ1) is 9.56. The van der Waals surface area contributed by atoms with Gasteiger partial charge in [0, 0.05) is 11.6 Å². The molecule has 4 heteroatoms. The molecule has 0 spiro atoms. The zero-order chi connectivity index (χ0) is 14.3. The average molecular weight is 288 g/mol. The van der Waals surface area contributed by atoms with Crippen LogP contribution in [0.3, 0.4) is 0 Å². The lowest BCUT2D eigenvalue weighted by Gasteiger charge is -2.02. The Morgan fingerprint density at radius 2 is 1.70 bits per heavy atom. The molecule has 1 atom stereocenters. The number of benzene rings is 2. The largest absolute Gasteiger partial charge is 0.460 e. The number of halogens is 1. The second kappa shape index (κ2) is 4.87. The standard InChI is InChI=1S/C16H13FO2S/c1-10-16(20(2)18)14-9-12(5-8-15(14)19-10)11-3-6-13(17)7-4-11/h3-9H,1-2H3/t20-/m1/s1. The van der Waals surface area contributed by atoms with E-state index in [4.69, 9.17) is 4.42 Å². The van der Waals surface area contributed by atoms with Gasteiger partial charge in [0.1, 0.15) is 17.2 Å². The predicted molar refractivity (Wildman–Crippen MR) is 78.7 cm³/mol. The maximum Gasteiger partial charge on any atom is 0.135 e. The molecule has 0 aliphatic rings. The molecule has 0 fully saturated rings. The highest BCUT2D eigenvalue weighted by Crippen LogP contribution is 2.32. The van der Waals surface area contributed by atoms with Crippen molar-refractivity contribution in [3.8, 4) is 11.1 Å². The summed E-state index contributed by atoms with van der Waals surface area (Å²) in [6.07, 6.45) is 1.64. The van der Waals surface area contributed by atoms with Crippen LogP contribution in [0.4, 0.5) is 4.39 Å². The van der Waals surface area contributed by atoms with E-state index in [0.29, 0.717) is 5.76 Å². The van der Waals surface area contributed by atoms with Crippen molar-refractivity contribution < 1.29 is 13.0 Å². The Labute approximate surface area is 118 Å². The molecule has 0 amide bonds. The second-order valence-electron chi connectivity index (χ2n) is 4.66. The molecule has 3 rings (SSSR count). The second-order valence-corrected chi connectivity index (χ2v) is 5.98. The molecule has 0 saturated carbocycles. The van der Waals surface area contributed by atoms with Gasteiger partial charge in [0.15, 0.2) is 0 Å². The van der Waals surface area contributed by atoms with E-state index in [-0.39, 0.29) is 5.82 Å². The third kappa shape index (κ3) is 2.16. The van der Waals surface area contributed by atoms with Gasteiger partial charge in [-0.05, 0) is 42.3 Å². The van der Waals surface area contributed by atoms with Crippen LogP contribution in [-0.2, 0) is 10.8 Å². The van der Waals surface area contributed by atoms with E-state index in [2.05, 4.69) is 0 Å². The van der Waals surface area contributed by atoms with Gasteiger partial charge in [0.2, 0.25) is 0 Å². The van der Waals surface area contributed by atoms with Crippen LogP contribution in [-0.4, -0.2) is 10.5 Å². The van der Waals surface area contributed by atoms with Crippen molar-refractivity contribution in [3.63, 3.8) is 0 Å². The van der Waals surface area contributed by atoms with E-state index < -0.39 is 10.8 Å². The van der Waals surface area contributed by atoms with Crippen LogP contribution in [0.25, 0.3) is 22.1 Å². The van der Waals surface area contributed by atoms with Crippen molar-refractivity contribution in [2.45, 2.75) is 11.8 Å². The summed E-state index contributed by atoms with van der Waals surface area (Å²) in [6.45, 7) is 1.81. The lowest BCUT2D eigenvalue weighted by molar-refractivity contribution is 0.566. The first-order valence-electron chi connectivity index (χ1n) is 6.19. The molecule has 0 unspecified atom stereocenters. The van der Waals surface area contributed by atoms with Crippen LogP contribution in [0.1, 0.15) is 5.76 Å². The molecule has 102 valence electrons. The van der Waals surface area contributed by atoms with Gasteiger partial charge in [-0.3, -0.25) is 4.21 Å². The molecular weight excluding hydrogens is 275 g/mol. The maximum atomic E-state index is 13.0. The Hall–Kier alpha value is -1.94. The summed E-state index contributed by atoms with van der Waals surface area (Å²) in [4.78, 5) is 0.726. The highest BCUT2D eigenvalue weighted by molar-refractivity contribution is 7.84. The summed E-state index contributed by atoms with van der Waals surface area (Å²) < 4.78 is 30.4. The van der Waals surface area contributed by atoms with Gasteiger partial charge in [0.25, 0.3) is 0 Å². The quantitative estimate of drug-likeness (QED) is 0.704. The molecule has 0 N–H and O–H groups in total. The van der Waals surface area contributed by atoms with Crippen molar-refractivity contribution >= 4 is 21.8 Å². The van der Waals surface area contributed by atoms with Gasteiger partial charge in [-0.1, -0.05) is 18.2 Å². The Kier molecular flexibility index (Phi) is 3.18. The molecule has 0 aliphatic heterocycles. The molecule has 0 bridgehead atoms. The monoisotopic (exact) mass is 288 g/mol. The third-order valence-electron chi connectivity index (χ3n) is 3.27. The molecule has 0 saturated heterocycles. The fourth-order valence-electron chi connectivity index (χ4n) is 2.38. The fourth-order valence-corrected chi connectivity index (χ4v) is 3.29. The van der Waals surface area contributed by atoms with Crippen LogP contribution < -0.4 is 0 Å². The minimum atomic E-state index is -1.11. The molecule has 2 aromatic carbocycles. The normalized spacial score (nSPS) is 12.8. The topological polar surface area (TPSA) is 30.2 Å². The third-order valence-corrected chi connectivity index (χ3v) is 4.35. The van der Waals surface area contributed by atoms with Crippen molar-refractivity contribution in [1.29, 1.82) is 0 Å². The zero-order valence-electron chi connectivity index (χ0n) is 11.1. The molecular formula is C16H13FO2S. The summed E-state index contributed by atoms with van der Waals surface area (Å²) in [6, 6.07) is 12.0. The number of hydrogen-bond acceptors (Lipinski definition) is 2. The van der Waals surface area contributed by atoms with Gasteiger partial charge >= 0.3 is 0 Å². The van der Waals surface area contributed by atoms with Gasteiger partial charge in [-0.2, -0.15) is 0 Å². The Bertz CT molecular complexity index is 803. The Morgan fingerprint density at radius 1 is 1.05 bits per heavy atom. The van der Waals surface area contributed by atoms with E-state index in [1.807, 2.05) is 25.1 Å². The van der Waals surface area contributed by atoms with Crippen LogP contribution in [0, 0.1) is 12.7 Å². The van der Waals surface area contributed by atoms with E-state index in [1.54, 1.807) is 18.4 Å². The Morgan fingerprint density at radius 3 is 2.35 bits per heavy atom.